The van der Waals surface area contributed by atoms with Gasteiger partial charge in [0, 0.05) is 6.42 Å². The molecule has 0 aliphatic carbocycles. The molecule has 0 rings (SSSR count). The Balaban J connectivity index is 4.12. The average molecular weight is 356 g/mol. The van der Waals surface area contributed by atoms with E-state index in [0.29, 0.717) is 17.4 Å². The number of quaternary nitrogens is 1. The third-order valence-electron chi connectivity index (χ3n) is 2.93. The number of esters is 1. The summed E-state index contributed by atoms with van der Waals surface area (Å²) in [5.41, 5.74) is 0. The van der Waals surface area contributed by atoms with E-state index >= 15 is 0 Å². The predicted molar refractivity (Wildman–Crippen MR) is 85.7 cm³/mol. The first-order valence-corrected chi connectivity index (χ1v) is 9.32. The van der Waals surface area contributed by atoms with Gasteiger partial charge in [-0.15, -0.1) is 0 Å². The van der Waals surface area contributed by atoms with Crippen molar-refractivity contribution in [2.24, 2.45) is 0 Å². The molecule has 0 saturated carbocycles. The standard InChI is InChI=1S/C14H30NO7P/c1-5-6-7-8-14(17)22-13(11-16)12-21-23(18,19)20-10-9-15(2,3)4/h13,16H,5-12H2,1-4H3/p+1/t13-/m1/s1. The lowest BCUT2D eigenvalue weighted by atomic mass is 10.2. The minimum atomic E-state index is -4.23. The highest BCUT2D eigenvalue weighted by atomic mass is 31.2. The number of carbonyl (C=O) groups excluding carboxylic acids is 1. The van der Waals surface area contributed by atoms with E-state index in [0.717, 1.165) is 12.8 Å². The molecule has 0 amide bonds. The molecule has 9 heteroatoms. The lowest BCUT2D eigenvalue weighted by Gasteiger charge is -2.24. The van der Waals surface area contributed by atoms with Crippen molar-refractivity contribution in [2.75, 3.05) is 47.5 Å². The van der Waals surface area contributed by atoms with Gasteiger partial charge in [0.05, 0.1) is 34.4 Å². The molecule has 0 aromatic carbocycles. The average Bonchev–Trinajstić information content (AvgIpc) is 2.42. The van der Waals surface area contributed by atoms with E-state index in [2.05, 4.69) is 0 Å². The number of hydrogen-bond donors (Lipinski definition) is 2. The summed E-state index contributed by atoms with van der Waals surface area (Å²) >= 11 is 0. The zero-order valence-electron chi connectivity index (χ0n) is 14.6. The van der Waals surface area contributed by atoms with Crippen LogP contribution in [0.15, 0.2) is 0 Å². The topological polar surface area (TPSA) is 102 Å². The number of carbonyl (C=O) groups is 1. The van der Waals surface area contributed by atoms with E-state index in [1.54, 1.807) is 0 Å². The maximum atomic E-state index is 11.7. The van der Waals surface area contributed by atoms with Crippen LogP contribution in [-0.4, -0.2) is 74.1 Å². The van der Waals surface area contributed by atoms with Crippen LogP contribution in [-0.2, 0) is 23.1 Å². The van der Waals surface area contributed by atoms with E-state index in [-0.39, 0.29) is 13.0 Å². The zero-order chi connectivity index (χ0) is 17.9. The van der Waals surface area contributed by atoms with Gasteiger partial charge in [-0.25, -0.2) is 4.57 Å². The highest BCUT2D eigenvalue weighted by Crippen LogP contribution is 2.43. The number of nitrogens with zero attached hydrogens (tertiary/aromatic N) is 1. The van der Waals surface area contributed by atoms with Crippen molar-refractivity contribution in [3.8, 4) is 0 Å². The first-order chi connectivity index (χ1) is 10.6. The Morgan fingerprint density at radius 1 is 1.22 bits per heavy atom. The second-order valence-corrected chi connectivity index (χ2v) is 7.82. The van der Waals surface area contributed by atoms with E-state index in [9.17, 15) is 14.3 Å². The van der Waals surface area contributed by atoms with Crippen molar-refractivity contribution in [2.45, 2.75) is 38.7 Å². The second kappa shape index (κ2) is 11.1. The van der Waals surface area contributed by atoms with Crippen molar-refractivity contribution < 1.29 is 37.6 Å². The molecular formula is C14H31NO7P+. The molecular weight excluding hydrogens is 325 g/mol. The summed E-state index contributed by atoms with van der Waals surface area (Å²) in [6.45, 7) is 1.72. The van der Waals surface area contributed by atoms with Crippen molar-refractivity contribution in [3.63, 3.8) is 0 Å². The molecule has 0 radical (unpaired) electrons. The van der Waals surface area contributed by atoms with Gasteiger partial charge >= 0.3 is 13.8 Å². The molecule has 0 aliphatic heterocycles. The molecule has 0 aromatic rings. The zero-order valence-corrected chi connectivity index (χ0v) is 15.5. The fraction of sp³-hybridized carbons (Fsp3) is 0.929. The van der Waals surface area contributed by atoms with Crippen LogP contribution >= 0.6 is 7.82 Å². The smallest absolute Gasteiger partial charge is 0.457 e. The summed E-state index contributed by atoms with van der Waals surface area (Å²) < 4.78 is 26.9. The van der Waals surface area contributed by atoms with Crippen LogP contribution in [0.4, 0.5) is 0 Å². The van der Waals surface area contributed by atoms with Gasteiger partial charge in [0.15, 0.2) is 0 Å². The molecule has 0 spiro atoms. The van der Waals surface area contributed by atoms with Crippen molar-refractivity contribution in [1.82, 2.24) is 0 Å². The Bertz CT molecular complexity index is 384. The van der Waals surface area contributed by atoms with Crippen LogP contribution < -0.4 is 0 Å². The molecule has 23 heavy (non-hydrogen) atoms. The number of rotatable bonds is 13. The largest absolute Gasteiger partial charge is 0.472 e. The van der Waals surface area contributed by atoms with Gasteiger partial charge in [0.25, 0.3) is 0 Å². The quantitative estimate of drug-likeness (QED) is 0.222. The molecule has 0 heterocycles. The maximum Gasteiger partial charge on any atom is 0.472 e. The Kier molecular flexibility index (Phi) is 10.9. The number of aliphatic hydroxyl groups excluding tert-OH is 1. The number of ether oxygens (including phenoxy) is 1. The van der Waals surface area contributed by atoms with Crippen molar-refractivity contribution in [1.29, 1.82) is 0 Å². The summed E-state index contributed by atoms with van der Waals surface area (Å²) in [7, 11) is 1.54. The normalized spacial score (nSPS) is 15.9. The van der Waals surface area contributed by atoms with Crippen LogP contribution in [0.25, 0.3) is 0 Å². The molecule has 2 N–H and O–H groups in total. The van der Waals surface area contributed by atoms with Gasteiger partial charge in [0.1, 0.15) is 19.3 Å². The lowest BCUT2D eigenvalue weighted by Crippen LogP contribution is -2.37. The Labute approximate surface area is 138 Å². The molecule has 1 unspecified atom stereocenters. The summed E-state index contributed by atoms with van der Waals surface area (Å²) in [6, 6.07) is 0. The van der Waals surface area contributed by atoms with Crippen molar-refractivity contribution >= 4 is 13.8 Å². The molecule has 0 aromatic heterocycles. The van der Waals surface area contributed by atoms with Crippen LogP contribution in [0.1, 0.15) is 32.6 Å². The SMILES string of the molecule is CCCCCC(=O)O[C@H](CO)COP(=O)(O)OCC[N+](C)(C)C. The Hall–Kier alpha value is -0.500. The first-order valence-electron chi connectivity index (χ1n) is 7.82. The minimum absolute atomic E-state index is 0.0534. The number of phosphoric acid groups is 1. The number of aliphatic hydroxyl groups is 1. The highest BCUT2D eigenvalue weighted by molar-refractivity contribution is 7.47. The first kappa shape index (κ1) is 22.5. The molecule has 8 nitrogen and oxygen atoms in total. The molecule has 0 saturated heterocycles. The van der Waals surface area contributed by atoms with Gasteiger partial charge in [0.2, 0.25) is 0 Å². The number of unbranched alkanes of at least 4 members (excludes halogenated alkanes) is 2. The highest BCUT2D eigenvalue weighted by Gasteiger charge is 2.25. The number of phosphoric ester groups is 1. The van der Waals surface area contributed by atoms with E-state index < -0.39 is 33.1 Å². The fourth-order valence-corrected chi connectivity index (χ4v) is 2.27. The van der Waals surface area contributed by atoms with Gasteiger partial charge in [-0.3, -0.25) is 13.8 Å². The van der Waals surface area contributed by atoms with Gasteiger partial charge in [-0.1, -0.05) is 19.8 Å². The lowest BCUT2D eigenvalue weighted by molar-refractivity contribution is -0.870. The van der Waals surface area contributed by atoms with Crippen LogP contribution in [0.2, 0.25) is 0 Å². The van der Waals surface area contributed by atoms with Crippen LogP contribution in [0.3, 0.4) is 0 Å². The third-order valence-corrected chi connectivity index (χ3v) is 3.91. The van der Waals surface area contributed by atoms with Crippen LogP contribution in [0, 0.1) is 0 Å². The minimum Gasteiger partial charge on any atom is -0.457 e. The number of likely N-dealkylation sites (N-methyl/N-ethyl adjacent to an activating group) is 1. The van der Waals surface area contributed by atoms with E-state index in [1.807, 2.05) is 28.1 Å². The molecule has 138 valence electrons. The fourth-order valence-electron chi connectivity index (χ4n) is 1.53. The molecule has 0 fully saturated rings. The number of hydrogen-bond acceptors (Lipinski definition) is 6. The van der Waals surface area contributed by atoms with Crippen LogP contribution in [0.5, 0.6) is 0 Å². The van der Waals surface area contributed by atoms with E-state index in [4.69, 9.17) is 18.9 Å². The predicted octanol–water partition coefficient (Wildman–Crippen LogP) is 1.31. The Morgan fingerprint density at radius 3 is 2.39 bits per heavy atom. The third kappa shape index (κ3) is 13.6. The summed E-state index contributed by atoms with van der Waals surface area (Å²) in [5.74, 6) is -0.458. The van der Waals surface area contributed by atoms with E-state index in [1.165, 1.54) is 0 Å². The summed E-state index contributed by atoms with van der Waals surface area (Å²) in [4.78, 5) is 21.1. The summed E-state index contributed by atoms with van der Waals surface area (Å²) in [6.07, 6.45) is 1.88. The Morgan fingerprint density at radius 2 is 1.87 bits per heavy atom. The van der Waals surface area contributed by atoms with Crippen molar-refractivity contribution in [3.05, 3.63) is 0 Å². The van der Waals surface area contributed by atoms with Gasteiger partial charge in [-0.2, -0.15) is 0 Å². The van der Waals surface area contributed by atoms with Gasteiger partial charge < -0.3 is 19.2 Å². The van der Waals surface area contributed by atoms with Gasteiger partial charge in [-0.05, 0) is 6.42 Å². The molecule has 0 aliphatic rings. The summed E-state index contributed by atoms with van der Waals surface area (Å²) in [5, 5.41) is 9.15. The molecule has 0 bridgehead atoms. The molecule has 2 atom stereocenters. The second-order valence-electron chi connectivity index (χ2n) is 6.36. The monoisotopic (exact) mass is 356 g/mol. The maximum absolute atomic E-state index is 11.7.